The molecule has 112 valence electrons. The van der Waals surface area contributed by atoms with E-state index in [9.17, 15) is 0 Å². The summed E-state index contributed by atoms with van der Waals surface area (Å²) in [5, 5.41) is 1.40. The highest BCUT2D eigenvalue weighted by Gasteiger charge is 2.18. The molecule has 23 heavy (non-hydrogen) atoms. The van der Waals surface area contributed by atoms with E-state index in [4.69, 9.17) is 17.3 Å². The van der Waals surface area contributed by atoms with Gasteiger partial charge in [0, 0.05) is 22.2 Å². The second-order valence-corrected chi connectivity index (χ2v) is 5.62. The van der Waals surface area contributed by atoms with Crippen LogP contribution in [-0.2, 0) is 0 Å². The van der Waals surface area contributed by atoms with Crippen molar-refractivity contribution in [2.75, 3.05) is 5.73 Å². The monoisotopic (exact) mass is 320 g/mol. The van der Waals surface area contributed by atoms with Gasteiger partial charge in [-0.15, -0.1) is 0 Å². The van der Waals surface area contributed by atoms with Crippen molar-refractivity contribution in [1.82, 2.24) is 15.0 Å². The molecule has 0 saturated heterocycles. The lowest BCUT2D eigenvalue weighted by Crippen LogP contribution is -1.94. The molecular weight excluding hydrogens is 308 g/mol. The highest BCUT2D eigenvalue weighted by Crippen LogP contribution is 2.40. The number of nitrogens with two attached hydrogens (primary N) is 1. The third-order valence-corrected chi connectivity index (χ3v) is 4.07. The largest absolute Gasteiger partial charge is 0.399 e. The third kappa shape index (κ3) is 2.33. The van der Waals surface area contributed by atoms with Gasteiger partial charge in [0.05, 0.1) is 23.7 Å². The van der Waals surface area contributed by atoms with Gasteiger partial charge in [-0.25, -0.2) is 9.97 Å². The summed E-state index contributed by atoms with van der Waals surface area (Å²) in [4.78, 5) is 11.7. The van der Waals surface area contributed by atoms with Crippen molar-refractivity contribution in [3.63, 3.8) is 0 Å². The van der Waals surface area contributed by atoms with Crippen LogP contribution in [0.5, 0.6) is 0 Å². The zero-order chi connectivity index (χ0) is 15.8. The fourth-order valence-corrected chi connectivity index (χ4v) is 3.08. The van der Waals surface area contributed by atoms with Crippen molar-refractivity contribution in [2.24, 2.45) is 0 Å². The number of nitrogens with zero attached hydrogens (tertiary/aromatic N) is 2. The number of anilines is 1. The summed E-state index contributed by atoms with van der Waals surface area (Å²) in [5.41, 5.74) is 11.2. The number of halogens is 1. The van der Waals surface area contributed by atoms with Crippen LogP contribution in [0, 0.1) is 0 Å². The van der Waals surface area contributed by atoms with E-state index in [2.05, 4.69) is 15.0 Å². The fraction of sp³-hybridized carbons (Fsp3) is 0. The van der Waals surface area contributed by atoms with Gasteiger partial charge in [0.2, 0.25) is 0 Å². The van der Waals surface area contributed by atoms with Crippen LogP contribution in [-0.4, -0.2) is 15.0 Å². The van der Waals surface area contributed by atoms with Crippen molar-refractivity contribution in [3.8, 4) is 22.4 Å². The number of nitrogens with one attached hydrogen (secondary N) is 1. The number of aromatic amines is 1. The minimum Gasteiger partial charge on any atom is -0.399 e. The molecule has 2 aromatic heterocycles. The predicted molar refractivity (Wildman–Crippen MR) is 94.2 cm³/mol. The van der Waals surface area contributed by atoms with E-state index in [1.54, 1.807) is 12.5 Å². The van der Waals surface area contributed by atoms with E-state index in [-0.39, 0.29) is 0 Å². The number of pyridine rings is 1. The Labute approximate surface area is 138 Å². The van der Waals surface area contributed by atoms with Gasteiger partial charge in [0.25, 0.3) is 0 Å². The first-order valence-electron chi connectivity index (χ1n) is 7.17. The zero-order valence-corrected chi connectivity index (χ0v) is 12.9. The van der Waals surface area contributed by atoms with Gasteiger partial charge in [-0.2, -0.15) is 0 Å². The summed E-state index contributed by atoms with van der Waals surface area (Å²) in [6.45, 7) is 0. The first-order valence-corrected chi connectivity index (χ1v) is 7.55. The minimum atomic E-state index is 0.436. The molecule has 2 heterocycles. The SMILES string of the molecule is Nc1ccc2nc(Cl)c(-c3cnc[nH]3)c(-c3ccccc3)c2c1. The number of fused-ring (bicyclic) bond motifs is 1. The van der Waals surface area contributed by atoms with Crippen LogP contribution in [0.15, 0.2) is 61.1 Å². The molecule has 3 N–H and O–H groups in total. The van der Waals surface area contributed by atoms with Gasteiger partial charge in [-0.1, -0.05) is 41.9 Å². The Morgan fingerprint density at radius 2 is 1.83 bits per heavy atom. The lowest BCUT2D eigenvalue weighted by Gasteiger charge is -2.14. The molecule has 0 spiro atoms. The Kier molecular flexibility index (Phi) is 3.24. The van der Waals surface area contributed by atoms with Gasteiger partial charge < -0.3 is 10.7 Å². The maximum atomic E-state index is 6.50. The first kappa shape index (κ1) is 13.8. The molecule has 4 aromatic rings. The molecule has 4 rings (SSSR count). The highest BCUT2D eigenvalue weighted by molar-refractivity contribution is 6.34. The topological polar surface area (TPSA) is 67.6 Å². The molecule has 0 aliphatic carbocycles. The third-order valence-electron chi connectivity index (χ3n) is 3.79. The van der Waals surface area contributed by atoms with Crippen LogP contribution in [0.25, 0.3) is 33.3 Å². The lowest BCUT2D eigenvalue weighted by molar-refractivity contribution is 1.31. The molecule has 0 aliphatic rings. The number of hydrogen-bond donors (Lipinski definition) is 2. The smallest absolute Gasteiger partial charge is 0.139 e. The van der Waals surface area contributed by atoms with Gasteiger partial charge in [-0.3, -0.25) is 0 Å². The van der Waals surface area contributed by atoms with Crippen molar-refractivity contribution in [2.45, 2.75) is 0 Å². The Bertz CT molecular complexity index is 979. The van der Waals surface area contributed by atoms with Gasteiger partial charge in [-0.05, 0) is 23.8 Å². The van der Waals surface area contributed by atoms with Crippen LogP contribution < -0.4 is 5.73 Å². The second kappa shape index (κ2) is 5.41. The highest BCUT2D eigenvalue weighted by atomic mass is 35.5. The minimum absolute atomic E-state index is 0.436. The van der Waals surface area contributed by atoms with Crippen molar-refractivity contribution in [1.29, 1.82) is 0 Å². The first-order chi connectivity index (χ1) is 11.2. The molecular formula is C18H13ClN4. The number of hydrogen-bond acceptors (Lipinski definition) is 3. The molecule has 0 radical (unpaired) electrons. The normalized spacial score (nSPS) is 11.0. The molecule has 0 bridgehead atoms. The Balaban J connectivity index is 2.18. The summed E-state index contributed by atoms with van der Waals surface area (Å²) >= 11 is 6.50. The summed E-state index contributed by atoms with van der Waals surface area (Å²) in [6.07, 6.45) is 3.37. The molecule has 0 amide bonds. The average Bonchev–Trinajstić information content (AvgIpc) is 3.09. The van der Waals surface area contributed by atoms with Crippen LogP contribution in [0.1, 0.15) is 0 Å². The predicted octanol–water partition coefficient (Wildman–Crippen LogP) is 4.53. The number of aromatic nitrogens is 3. The summed E-state index contributed by atoms with van der Waals surface area (Å²) < 4.78 is 0. The zero-order valence-electron chi connectivity index (χ0n) is 12.1. The van der Waals surface area contributed by atoms with E-state index in [0.717, 1.165) is 33.3 Å². The average molecular weight is 321 g/mol. The number of imidazole rings is 1. The maximum absolute atomic E-state index is 6.50. The molecule has 0 unspecified atom stereocenters. The van der Waals surface area contributed by atoms with Crippen LogP contribution in [0.4, 0.5) is 5.69 Å². The molecule has 0 fully saturated rings. The van der Waals surface area contributed by atoms with E-state index >= 15 is 0 Å². The van der Waals surface area contributed by atoms with Crippen molar-refractivity contribution in [3.05, 3.63) is 66.2 Å². The summed E-state index contributed by atoms with van der Waals surface area (Å²) in [6, 6.07) is 15.7. The van der Waals surface area contributed by atoms with Gasteiger partial charge >= 0.3 is 0 Å². The number of nitrogen functional groups attached to an aromatic ring is 1. The van der Waals surface area contributed by atoms with E-state index in [1.807, 2.05) is 48.5 Å². The standard InChI is InChI=1S/C18H13ClN4/c19-18-17(15-9-21-10-22-15)16(11-4-2-1-3-5-11)13-8-12(20)6-7-14(13)23-18/h1-10H,20H2,(H,21,22). The molecule has 0 saturated carbocycles. The molecule has 2 aromatic carbocycles. The number of rotatable bonds is 2. The van der Waals surface area contributed by atoms with Crippen LogP contribution in [0.2, 0.25) is 5.15 Å². The van der Waals surface area contributed by atoms with Gasteiger partial charge in [0.1, 0.15) is 5.15 Å². The summed E-state index contributed by atoms with van der Waals surface area (Å²) in [5.74, 6) is 0. The maximum Gasteiger partial charge on any atom is 0.139 e. The number of benzene rings is 2. The fourth-order valence-electron chi connectivity index (χ4n) is 2.79. The molecule has 0 aliphatic heterocycles. The molecule has 4 nitrogen and oxygen atoms in total. The van der Waals surface area contributed by atoms with Crippen LogP contribution in [0.3, 0.4) is 0 Å². The van der Waals surface area contributed by atoms with Gasteiger partial charge in [0.15, 0.2) is 0 Å². The Morgan fingerprint density at radius 3 is 2.57 bits per heavy atom. The second-order valence-electron chi connectivity index (χ2n) is 5.26. The Morgan fingerprint density at radius 1 is 1.00 bits per heavy atom. The lowest BCUT2D eigenvalue weighted by atomic mass is 9.95. The Hall–Kier alpha value is -2.85. The molecule has 5 heteroatoms. The van der Waals surface area contributed by atoms with E-state index in [0.29, 0.717) is 10.8 Å². The number of H-pyrrole nitrogens is 1. The quantitative estimate of drug-likeness (QED) is 0.421. The van der Waals surface area contributed by atoms with Crippen molar-refractivity contribution < 1.29 is 0 Å². The molecule has 0 atom stereocenters. The van der Waals surface area contributed by atoms with E-state index in [1.165, 1.54) is 0 Å². The van der Waals surface area contributed by atoms with Crippen molar-refractivity contribution >= 4 is 28.2 Å². The van der Waals surface area contributed by atoms with E-state index < -0.39 is 0 Å². The van der Waals surface area contributed by atoms with Crippen LogP contribution >= 0.6 is 11.6 Å². The summed E-state index contributed by atoms with van der Waals surface area (Å²) in [7, 11) is 0.